The van der Waals surface area contributed by atoms with Crippen molar-refractivity contribution < 1.29 is 21.1 Å². The SMILES string of the molecule is [Pt+2].[c-]1c(-n2cccn2)ccc2c1N1B(c3ccccc3-2)c2ccccc2-c2ccc(-n3nccn3)[c-]c21. The molecule has 0 fully saturated rings. The molecule has 0 N–H and O–H groups in total. The Labute approximate surface area is 228 Å². The van der Waals surface area contributed by atoms with Crippen LogP contribution in [0.1, 0.15) is 0 Å². The quantitative estimate of drug-likeness (QED) is 0.210. The summed E-state index contributed by atoms with van der Waals surface area (Å²) in [6.07, 6.45) is 7.10. The Morgan fingerprint density at radius 1 is 0.568 bits per heavy atom. The summed E-state index contributed by atoms with van der Waals surface area (Å²) < 4.78 is 1.85. The zero-order chi connectivity index (χ0) is 23.6. The van der Waals surface area contributed by atoms with Gasteiger partial charge in [-0.15, -0.1) is 35.4 Å². The van der Waals surface area contributed by atoms with Gasteiger partial charge in [0, 0.05) is 12.4 Å². The first-order valence-corrected chi connectivity index (χ1v) is 11.8. The maximum Gasteiger partial charge on any atom is 2.00 e. The Kier molecular flexibility index (Phi) is 5.01. The number of rotatable bonds is 2. The number of fused-ring (bicyclic) bond motifs is 11. The number of hydrogen-bond acceptors (Lipinski definition) is 4. The fraction of sp³-hybridized carbons (Fsp3) is 0. The summed E-state index contributed by atoms with van der Waals surface area (Å²) in [5.74, 6) is 0. The molecule has 4 heterocycles. The number of anilines is 2. The monoisotopic (exact) mass is 655 g/mol. The summed E-state index contributed by atoms with van der Waals surface area (Å²) in [4.78, 5) is 3.98. The van der Waals surface area contributed by atoms with Gasteiger partial charge >= 0.3 is 27.9 Å². The third-order valence-corrected chi connectivity index (χ3v) is 7.04. The van der Waals surface area contributed by atoms with Gasteiger partial charge in [0.25, 0.3) is 0 Å². The van der Waals surface area contributed by atoms with Crippen molar-refractivity contribution in [2.24, 2.45) is 0 Å². The van der Waals surface area contributed by atoms with Gasteiger partial charge in [0.2, 0.25) is 0 Å². The molecule has 0 amide bonds. The van der Waals surface area contributed by atoms with Crippen LogP contribution in [-0.2, 0) is 21.1 Å². The predicted molar refractivity (Wildman–Crippen MR) is 141 cm³/mol. The van der Waals surface area contributed by atoms with Gasteiger partial charge in [-0.3, -0.25) is 4.68 Å². The number of aromatic nitrogens is 5. The molecule has 2 aliphatic rings. The van der Waals surface area contributed by atoms with Crippen LogP contribution >= 0.6 is 0 Å². The molecule has 0 aliphatic carbocycles. The molecule has 0 saturated heterocycles. The largest absolute Gasteiger partial charge is 2.00 e. The van der Waals surface area contributed by atoms with Crippen LogP contribution in [0.25, 0.3) is 33.6 Å². The van der Waals surface area contributed by atoms with E-state index in [-0.39, 0.29) is 27.9 Å². The Balaban J connectivity index is 0.00000231. The normalized spacial score (nSPS) is 12.5. The maximum atomic E-state index is 4.45. The molecular weight excluding hydrogens is 638 g/mol. The molecule has 176 valence electrons. The molecule has 6 aromatic rings. The van der Waals surface area contributed by atoms with E-state index < -0.39 is 0 Å². The van der Waals surface area contributed by atoms with Crippen LogP contribution in [0.15, 0.2) is 104 Å². The van der Waals surface area contributed by atoms with Crippen LogP contribution in [-0.4, -0.2) is 31.6 Å². The van der Waals surface area contributed by atoms with Gasteiger partial charge in [-0.2, -0.15) is 32.2 Å². The summed E-state index contributed by atoms with van der Waals surface area (Å²) in [7, 11) is 0. The number of nitrogens with zero attached hydrogens (tertiary/aromatic N) is 6. The van der Waals surface area contributed by atoms with Crippen molar-refractivity contribution in [3.8, 4) is 33.6 Å². The second-order valence-electron chi connectivity index (χ2n) is 8.93. The van der Waals surface area contributed by atoms with Crippen molar-refractivity contribution >= 4 is 29.1 Å². The number of benzene rings is 4. The zero-order valence-corrected chi connectivity index (χ0v) is 21.7. The molecule has 8 heteroatoms. The van der Waals surface area contributed by atoms with Crippen molar-refractivity contribution in [1.82, 2.24) is 24.8 Å². The van der Waals surface area contributed by atoms with Gasteiger partial charge in [0.05, 0.1) is 12.4 Å². The molecule has 37 heavy (non-hydrogen) atoms. The third-order valence-electron chi connectivity index (χ3n) is 7.04. The average molecular weight is 655 g/mol. The van der Waals surface area contributed by atoms with E-state index >= 15 is 0 Å². The number of hydrogen-bond donors (Lipinski definition) is 0. The van der Waals surface area contributed by atoms with E-state index in [1.165, 1.54) is 22.1 Å². The Bertz CT molecular complexity index is 1630. The first-order chi connectivity index (χ1) is 17.9. The summed E-state index contributed by atoms with van der Waals surface area (Å²) in [5.41, 5.74) is 10.9. The first-order valence-electron chi connectivity index (χ1n) is 11.8. The van der Waals surface area contributed by atoms with Crippen LogP contribution in [0.5, 0.6) is 0 Å². The van der Waals surface area contributed by atoms with Crippen molar-refractivity contribution in [1.29, 1.82) is 0 Å². The Morgan fingerprint density at radius 2 is 1.16 bits per heavy atom. The van der Waals surface area contributed by atoms with Crippen LogP contribution in [0.2, 0.25) is 0 Å². The fourth-order valence-corrected chi connectivity index (χ4v) is 5.54. The van der Waals surface area contributed by atoms with Gasteiger partial charge in [0.15, 0.2) is 0 Å². The summed E-state index contributed by atoms with van der Waals surface area (Å²) in [6.45, 7) is -0.0152. The van der Waals surface area contributed by atoms with E-state index in [9.17, 15) is 0 Å². The zero-order valence-electron chi connectivity index (χ0n) is 19.4. The van der Waals surface area contributed by atoms with E-state index in [1.54, 1.807) is 23.4 Å². The van der Waals surface area contributed by atoms with Gasteiger partial charge in [0.1, 0.15) is 0 Å². The van der Waals surface area contributed by atoms with Crippen molar-refractivity contribution in [3.63, 3.8) is 0 Å². The van der Waals surface area contributed by atoms with Crippen molar-refractivity contribution in [3.05, 3.63) is 116 Å². The molecule has 0 atom stereocenters. The topological polar surface area (TPSA) is 51.8 Å². The molecule has 4 aromatic carbocycles. The van der Waals surface area contributed by atoms with E-state index in [0.717, 1.165) is 33.9 Å². The second-order valence-corrected chi connectivity index (χ2v) is 8.93. The Hall–Kier alpha value is -4.22. The van der Waals surface area contributed by atoms with Crippen LogP contribution in [0.3, 0.4) is 0 Å². The molecule has 2 aromatic heterocycles. The van der Waals surface area contributed by atoms with Crippen molar-refractivity contribution in [2.45, 2.75) is 0 Å². The molecule has 0 bridgehead atoms. The van der Waals surface area contributed by atoms with Crippen molar-refractivity contribution in [2.75, 3.05) is 4.81 Å². The summed E-state index contributed by atoms with van der Waals surface area (Å²) in [6, 6.07) is 35.0. The molecule has 2 aliphatic heterocycles. The molecule has 0 spiro atoms. The smallest absolute Gasteiger partial charge is 0.418 e. The minimum atomic E-state index is -0.0152. The molecule has 0 unspecified atom stereocenters. The van der Waals surface area contributed by atoms with E-state index in [1.807, 2.05) is 23.0 Å². The molecule has 0 saturated carbocycles. The fourth-order valence-electron chi connectivity index (χ4n) is 5.54. The molecule has 8 rings (SSSR count). The molecule has 6 nitrogen and oxygen atoms in total. The van der Waals surface area contributed by atoms with E-state index in [4.69, 9.17) is 0 Å². The van der Waals surface area contributed by atoms with Gasteiger partial charge in [-0.25, -0.2) is 0 Å². The van der Waals surface area contributed by atoms with Gasteiger partial charge in [-0.05, 0) is 17.4 Å². The van der Waals surface area contributed by atoms with Crippen LogP contribution in [0.4, 0.5) is 11.4 Å². The van der Waals surface area contributed by atoms with Gasteiger partial charge in [-0.1, -0.05) is 82.0 Å². The predicted octanol–water partition coefficient (Wildman–Crippen LogP) is 3.96. The van der Waals surface area contributed by atoms with Crippen LogP contribution in [0, 0.1) is 12.1 Å². The van der Waals surface area contributed by atoms with E-state index in [2.05, 4.69) is 99.0 Å². The molecular formula is C29H17BN6Pt. The van der Waals surface area contributed by atoms with Crippen LogP contribution < -0.4 is 15.7 Å². The minimum Gasteiger partial charge on any atom is -0.418 e. The average Bonchev–Trinajstić information content (AvgIpc) is 3.67. The Morgan fingerprint density at radius 3 is 1.78 bits per heavy atom. The summed E-state index contributed by atoms with van der Waals surface area (Å²) in [5, 5.41) is 13.1. The maximum absolute atomic E-state index is 4.45. The third kappa shape index (κ3) is 3.21. The minimum absolute atomic E-state index is 0. The molecule has 0 radical (unpaired) electrons. The standard InChI is InChI=1S/C29H17BN6.Pt/c1-3-8-26-22(6-1)24-12-10-20(34-17-5-14-31-34)18-28(24)35-29-19-21(36-32-15-16-33-36)11-13-25(29)23-7-2-4-9-27(23)30(26)35;/h1-17H;/q-2;+2. The first kappa shape index (κ1) is 22.0. The van der Waals surface area contributed by atoms with Gasteiger partial charge < -0.3 is 4.81 Å². The van der Waals surface area contributed by atoms with E-state index in [0.29, 0.717) is 0 Å². The summed E-state index contributed by atoms with van der Waals surface area (Å²) >= 11 is 0. The second kappa shape index (κ2) is 8.43.